The number of hydrogen-bond acceptors (Lipinski definition) is 2. The molecular formula is C15H13N3O. The van der Waals surface area contributed by atoms with Gasteiger partial charge in [-0.15, -0.1) is 0 Å². The average Bonchev–Trinajstić information content (AvgIpc) is 2.77. The van der Waals surface area contributed by atoms with E-state index in [1.54, 1.807) is 12.5 Å². The number of allylic oxidation sites excluding steroid dienone is 6. The first-order chi connectivity index (χ1) is 9.24. The van der Waals surface area contributed by atoms with Crippen LogP contribution in [0.25, 0.3) is 0 Å². The molecule has 4 nitrogen and oxygen atoms in total. The topological polar surface area (TPSA) is 46.9 Å². The van der Waals surface area contributed by atoms with E-state index in [4.69, 9.17) is 0 Å². The monoisotopic (exact) mass is 251 g/mol. The van der Waals surface area contributed by atoms with Crippen molar-refractivity contribution < 1.29 is 4.79 Å². The lowest BCUT2D eigenvalue weighted by Crippen LogP contribution is -2.25. The van der Waals surface area contributed by atoms with Gasteiger partial charge < -0.3 is 9.88 Å². The second kappa shape index (κ2) is 3.57. The van der Waals surface area contributed by atoms with Crippen molar-refractivity contribution in [2.24, 2.45) is 7.05 Å². The summed E-state index contributed by atoms with van der Waals surface area (Å²) in [6.45, 7) is 0.502. The molecule has 0 aliphatic heterocycles. The molecule has 0 saturated heterocycles. The molecule has 0 bridgehead atoms. The number of carbonyl (C=O) groups is 1. The number of fused-ring (bicyclic) bond motifs is 2. The lowest BCUT2D eigenvalue weighted by Gasteiger charge is -2.06. The van der Waals surface area contributed by atoms with Gasteiger partial charge in [0.05, 0.1) is 18.6 Å². The van der Waals surface area contributed by atoms with Crippen LogP contribution in [-0.2, 0) is 18.4 Å². The highest BCUT2D eigenvalue weighted by atomic mass is 16.1. The van der Waals surface area contributed by atoms with Crippen molar-refractivity contribution in [3.05, 3.63) is 64.3 Å². The standard InChI is InChI=1S/C15H13N3O/c1-18-8-16-6-10(18)7-17-15(19)12-3-2-11-13-4-9(13)5-14(11)12/h2-3,5-6,8H,4,7H2,1H3,(H,17,19). The Labute approximate surface area is 110 Å². The number of amides is 1. The van der Waals surface area contributed by atoms with E-state index in [0.29, 0.717) is 6.54 Å². The molecule has 0 radical (unpaired) electrons. The zero-order valence-electron chi connectivity index (χ0n) is 10.6. The van der Waals surface area contributed by atoms with E-state index in [1.165, 1.54) is 16.7 Å². The molecule has 1 fully saturated rings. The van der Waals surface area contributed by atoms with E-state index in [0.717, 1.165) is 23.3 Å². The molecular weight excluding hydrogens is 238 g/mol. The van der Waals surface area contributed by atoms with Crippen LogP contribution in [0.4, 0.5) is 0 Å². The first-order valence-corrected chi connectivity index (χ1v) is 6.34. The summed E-state index contributed by atoms with van der Waals surface area (Å²) in [4.78, 5) is 16.2. The van der Waals surface area contributed by atoms with Crippen LogP contribution < -0.4 is 5.32 Å². The third kappa shape index (κ3) is 1.53. The quantitative estimate of drug-likeness (QED) is 0.885. The Kier molecular flexibility index (Phi) is 1.98. The predicted octanol–water partition coefficient (Wildman–Crippen LogP) is 1.54. The van der Waals surface area contributed by atoms with Crippen molar-refractivity contribution in [2.75, 3.05) is 0 Å². The van der Waals surface area contributed by atoms with Gasteiger partial charge in [-0.25, -0.2) is 4.98 Å². The molecule has 3 aliphatic carbocycles. The number of aryl methyl sites for hydroxylation is 1. The van der Waals surface area contributed by atoms with E-state index in [2.05, 4.69) is 22.5 Å². The summed E-state index contributed by atoms with van der Waals surface area (Å²) in [5, 5.41) is 2.95. The highest BCUT2D eigenvalue weighted by molar-refractivity contribution is 6.01. The molecule has 0 atom stereocenters. The molecule has 19 heavy (non-hydrogen) atoms. The molecule has 4 rings (SSSR count). The Morgan fingerprint density at radius 3 is 3.11 bits per heavy atom. The van der Waals surface area contributed by atoms with Gasteiger partial charge in [-0.3, -0.25) is 4.79 Å². The second-order valence-corrected chi connectivity index (χ2v) is 5.08. The molecule has 0 unspecified atom stereocenters. The van der Waals surface area contributed by atoms with E-state index in [9.17, 15) is 4.79 Å². The van der Waals surface area contributed by atoms with Crippen molar-refractivity contribution in [1.82, 2.24) is 14.9 Å². The van der Waals surface area contributed by atoms with E-state index in [1.807, 2.05) is 17.7 Å². The highest BCUT2D eigenvalue weighted by Crippen LogP contribution is 2.51. The van der Waals surface area contributed by atoms with Gasteiger partial charge in [0, 0.05) is 18.8 Å². The van der Waals surface area contributed by atoms with Crippen LogP contribution in [0, 0.1) is 0 Å². The molecule has 1 amide bonds. The zero-order valence-corrected chi connectivity index (χ0v) is 10.6. The van der Waals surface area contributed by atoms with Crippen LogP contribution in [-0.4, -0.2) is 15.5 Å². The molecule has 94 valence electrons. The summed E-state index contributed by atoms with van der Waals surface area (Å²) < 4.78 is 1.91. The lowest BCUT2D eigenvalue weighted by molar-refractivity contribution is -0.117. The van der Waals surface area contributed by atoms with Gasteiger partial charge in [0.1, 0.15) is 0 Å². The fourth-order valence-corrected chi connectivity index (χ4v) is 2.66. The van der Waals surface area contributed by atoms with E-state index < -0.39 is 0 Å². The average molecular weight is 251 g/mol. The normalized spacial score (nSPS) is 18.7. The molecule has 4 heteroatoms. The summed E-state index contributed by atoms with van der Waals surface area (Å²) in [6, 6.07) is 0. The Balaban J connectivity index is 1.52. The second-order valence-electron chi connectivity index (χ2n) is 5.08. The molecule has 1 aromatic rings. The largest absolute Gasteiger partial charge is 0.346 e. The molecule has 1 aromatic heterocycles. The molecule has 0 aromatic carbocycles. The Bertz CT molecular complexity index is 728. The number of rotatable bonds is 3. The summed E-state index contributed by atoms with van der Waals surface area (Å²) in [7, 11) is 1.92. The van der Waals surface area contributed by atoms with Crippen LogP contribution >= 0.6 is 0 Å². The third-order valence-corrected chi connectivity index (χ3v) is 3.86. The maximum absolute atomic E-state index is 12.2. The number of nitrogens with zero attached hydrogens (tertiary/aromatic N) is 2. The first kappa shape index (κ1) is 10.6. The van der Waals surface area contributed by atoms with Crippen molar-refractivity contribution in [1.29, 1.82) is 0 Å². The van der Waals surface area contributed by atoms with Gasteiger partial charge in [-0.2, -0.15) is 0 Å². The minimum atomic E-state index is -0.0128. The van der Waals surface area contributed by atoms with Gasteiger partial charge in [-0.1, -0.05) is 6.08 Å². The predicted molar refractivity (Wildman–Crippen MR) is 70.9 cm³/mol. The summed E-state index contributed by atoms with van der Waals surface area (Å²) in [5.74, 6) is -0.0128. The Morgan fingerprint density at radius 1 is 1.42 bits per heavy atom. The SMILES string of the molecule is Cn1cncc1CNC(=O)C1=C2C=C3CC3=C2C=C1. The van der Waals surface area contributed by atoms with Crippen molar-refractivity contribution in [3.63, 3.8) is 0 Å². The maximum Gasteiger partial charge on any atom is 0.252 e. The molecule has 1 N–H and O–H groups in total. The van der Waals surface area contributed by atoms with Gasteiger partial charge in [0.15, 0.2) is 0 Å². The Hall–Kier alpha value is -2.36. The first-order valence-electron chi connectivity index (χ1n) is 6.34. The summed E-state index contributed by atoms with van der Waals surface area (Å²) >= 11 is 0. The lowest BCUT2D eigenvalue weighted by atomic mass is 10.1. The van der Waals surface area contributed by atoms with Crippen molar-refractivity contribution in [2.45, 2.75) is 13.0 Å². The van der Waals surface area contributed by atoms with Gasteiger partial charge in [0.2, 0.25) is 0 Å². The van der Waals surface area contributed by atoms with E-state index >= 15 is 0 Å². The Morgan fingerprint density at radius 2 is 2.32 bits per heavy atom. The van der Waals surface area contributed by atoms with Gasteiger partial charge >= 0.3 is 0 Å². The van der Waals surface area contributed by atoms with Crippen LogP contribution in [0.3, 0.4) is 0 Å². The minimum Gasteiger partial charge on any atom is -0.346 e. The van der Waals surface area contributed by atoms with Gasteiger partial charge in [0.25, 0.3) is 5.91 Å². The fraction of sp³-hybridized carbons (Fsp3) is 0.200. The van der Waals surface area contributed by atoms with Crippen molar-refractivity contribution in [3.8, 4) is 0 Å². The molecule has 1 saturated carbocycles. The number of hydrogen-bond donors (Lipinski definition) is 1. The molecule has 1 heterocycles. The van der Waals surface area contributed by atoms with Crippen LogP contribution in [0.15, 0.2) is 58.6 Å². The zero-order chi connectivity index (χ0) is 13.0. The molecule has 0 spiro atoms. The number of nitrogens with one attached hydrogen (secondary N) is 1. The van der Waals surface area contributed by atoms with Crippen molar-refractivity contribution >= 4 is 5.91 Å². The van der Waals surface area contributed by atoms with Crippen LogP contribution in [0.5, 0.6) is 0 Å². The smallest absolute Gasteiger partial charge is 0.252 e. The van der Waals surface area contributed by atoms with E-state index in [-0.39, 0.29) is 5.91 Å². The summed E-state index contributed by atoms with van der Waals surface area (Å²) in [5.41, 5.74) is 6.93. The number of imidazole rings is 1. The summed E-state index contributed by atoms with van der Waals surface area (Å²) in [6.07, 6.45) is 10.7. The number of carbonyl (C=O) groups excluding carboxylic acids is 1. The third-order valence-electron chi connectivity index (χ3n) is 3.86. The highest BCUT2D eigenvalue weighted by Gasteiger charge is 2.35. The maximum atomic E-state index is 12.2. The number of aromatic nitrogens is 2. The fourth-order valence-electron chi connectivity index (χ4n) is 2.66. The molecule has 3 aliphatic rings. The van der Waals surface area contributed by atoms with Gasteiger partial charge in [-0.05, 0) is 40.9 Å². The van der Waals surface area contributed by atoms with Crippen LogP contribution in [0.2, 0.25) is 0 Å². The van der Waals surface area contributed by atoms with Crippen LogP contribution in [0.1, 0.15) is 12.1 Å². The minimum absolute atomic E-state index is 0.0128.